The standard InChI is InChI=1S/C22H17Cl2F3N2O4S/c1-12(2)33-19-6-4-3-5-15(19)21(30)20-18(9-13(23)11-28-20)29-34(31,32)14-7-8-17(24)16(10-14)22(25,26)27/h3-12,29H,1-2H3. The number of rotatable bonds is 7. The number of ketones is 1. The molecule has 0 unspecified atom stereocenters. The zero-order valence-electron chi connectivity index (χ0n) is 17.7. The summed E-state index contributed by atoms with van der Waals surface area (Å²) in [5, 5.41) is -0.665. The number of carbonyl (C=O) groups excluding carboxylic acids is 1. The number of ether oxygens (including phenoxy) is 1. The molecular formula is C22H17Cl2F3N2O4S. The summed E-state index contributed by atoms with van der Waals surface area (Å²) in [6, 6.07) is 9.55. The molecule has 0 radical (unpaired) electrons. The van der Waals surface area contributed by atoms with Gasteiger partial charge in [0.25, 0.3) is 10.0 Å². The summed E-state index contributed by atoms with van der Waals surface area (Å²) in [4.78, 5) is 16.5. The SMILES string of the molecule is CC(C)Oc1ccccc1C(=O)c1ncc(Cl)cc1NS(=O)(=O)c1ccc(Cl)c(C(F)(F)F)c1. The number of carbonyl (C=O) groups is 1. The number of aromatic nitrogens is 1. The van der Waals surface area contributed by atoms with Crippen LogP contribution < -0.4 is 9.46 Å². The van der Waals surface area contributed by atoms with Crippen LogP contribution in [0, 0.1) is 0 Å². The van der Waals surface area contributed by atoms with Crippen LogP contribution in [-0.2, 0) is 16.2 Å². The maximum absolute atomic E-state index is 13.2. The Labute approximate surface area is 203 Å². The van der Waals surface area contributed by atoms with Crippen LogP contribution in [0.15, 0.2) is 59.6 Å². The molecular weight excluding hydrogens is 516 g/mol. The van der Waals surface area contributed by atoms with Gasteiger partial charge in [-0.1, -0.05) is 35.3 Å². The molecule has 0 amide bonds. The summed E-state index contributed by atoms with van der Waals surface area (Å²) in [7, 11) is -4.59. The fourth-order valence-corrected chi connectivity index (χ4v) is 4.39. The van der Waals surface area contributed by atoms with E-state index in [1.54, 1.807) is 32.0 Å². The molecule has 6 nitrogen and oxygen atoms in total. The molecule has 34 heavy (non-hydrogen) atoms. The topological polar surface area (TPSA) is 85.4 Å². The average Bonchev–Trinajstić information content (AvgIpc) is 2.72. The normalized spacial score (nSPS) is 12.0. The highest BCUT2D eigenvalue weighted by Crippen LogP contribution is 2.36. The van der Waals surface area contributed by atoms with Gasteiger partial charge < -0.3 is 4.74 Å². The zero-order chi connectivity index (χ0) is 25.3. The second kappa shape index (κ2) is 9.81. The molecule has 12 heteroatoms. The number of pyridine rings is 1. The first-order valence-electron chi connectivity index (χ1n) is 9.65. The summed E-state index contributed by atoms with van der Waals surface area (Å²) in [6.45, 7) is 3.53. The molecule has 0 fully saturated rings. The van der Waals surface area contributed by atoms with Crippen molar-refractivity contribution in [2.45, 2.75) is 31.0 Å². The van der Waals surface area contributed by atoms with Crippen molar-refractivity contribution in [1.82, 2.24) is 4.98 Å². The van der Waals surface area contributed by atoms with Gasteiger partial charge >= 0.3 is 6.18 Å². The summed E-state index contributed by atoms with van der Waals surface area (Å²) in [6.07, 6.45) is -3.98. The van der Waals surface area contributed by atoms with E-state index in [9.17, 15) is 26.4 Å². The van der Waals surface area contributed by atoms with Crippen LogP contribution in [0.3, 0.4) is 0 Å². The zero-order valence-corrected chi connectivity index (χ0v) is 20.0. The molecule has 1 N–H and O–H groups in total. The Morgan fingerprint density at radius 2 is 1.76 bits per heavy atom. The van der Waals surface area contributed by atoms with Crippen molar-refractivity contribution in [3.05, 3.63) is 81.6 Å². The second-order valence-corrected chi connectivity index (χ2v) is 9.81. The van der Waals surface area contributed by atoms with Crippen LogP contribution in [0.5, 0.6) is 5.75 Å². The molecule has 0 atom stereocenters. The number of sulfonamides is 1. The van der Waals surface area contributed by atoms with E-state index in [-0.39, 0.29) is 33.8 Å². The van der Waals surface area contributed by atoms with Crippen LogP contribution in [0.1, 0.15) is 35.5 Å². The van der Waals surface area contributed by atoms with Crippen LogP contribution in [0.25, 0.3) is 0 Å². The van der Waals surface area contributed by atoms with E-state index in [2.05, 4.69) is 9.71 Å². The maximum atomic E-state index is 13.2. The van der Waals surface area contributed by atoms with Gasteiger partial charge in [-0.15, -0.1) is 0 Å². The van der Waals surface area contributed by atoms with Gasteiger partial charge in [-0.05, 0) is 50.2 Å². The molecule has 2 aromatic carbocycles. The molecule has 0 spiro atoms. The Morgan fingerprint density at radius 1 is 1.09 bits per heavy atom. The minimum absolute atomic E-state index is 0.00643. The van der Waals surface area contributed by atoms with E-state index in [1.165, 1.54) is 6.07 Å². The van der Waals surface area contributed by atoms with E-state index in [0.29, 0.717) is 6.07 Å². The molecule has 0 saturated heterocycles. The largest absolute Gasteiger partial charge is 0.490 e. The fourth-order valence-electron chi connectivity index (χ4n) is 2.93. The first-order valence-corrected chi connectivity index (χ1v) is 11.9. The first kappa shape index (κ1) is 25.8. The Morgan fingerprint density at radius 3 is 2.41 bits per heavy atom. The van der Waals surface area contributed by atoms with Gasteiger partial charge in [0, 0.05) is 6.20 Å². The minimum Gasteiger partial charge on any atom is -0.490 e. The van der Waals surface area contributed by atoms with Gasteiger partial charge in [-0.3, -0.25) is 9.52 Å². The molecule has 0 aliphatic carbocycles. The number of nitrogens with zero attached hydrogens (tertiary/aromatic N) is 1. The van der Waals surface area contributed by atoms with E-state index < -0.39 is 37.5 Å². The smallest absolute Gasteiger partial charge is 0.417 e. The third kappa shape index (κ3) is 5.81. The first-order chi connectivity index (χ1) is 15.8. The Kier molecular flexibility index (Phi) is 7.44. The van der Waals surface area contributed by atoms with Crippen molar-refractivity contribution in [2.24, 2.45) is 0 Å². The number of halogens is 5. The molecule has 3 rings (SSSR count). The minimum atomic E-state index is -4.87. The molecule has 3 aromatic rings. The van der Waals surface area contributed by atoms with Crippen molar-refractivity contribution in [3.63, 3.8) is 0 Å². The molecule has 1 aromatic heterocycles. The number of hydrogen-bond donors (Lipinski definition) is 1. The van der Waals surface area contributed by atoms with E-state index in [4.69, 9.17) is 27.9 Å². The fraction of sp³-hybridized carbons (Fsp3) is 0.182. The number of hydrogen-bond acceptors (Lipinski definition) is 5. The quantitative estimate of drug-likeness (QED) is 0.364. The van der Waals surface area contributed by atoms with Crippen LogP contribution in [0.2, 0.25) is 10.0 Å². The van der Waals surface area contributed by atoms with E-state index in [0.717, 1.165) is 24.4 Å². The van der Waals surface area contributed by atoms with Gasteiger partial charge in [-0.25, -0.2) is 13.4 Å². The molecule has 0 aliphatic heterocycles. The van der Waals surface area contributed by atoms with Crippen molar-refractivity contribution >= 4 is 44.7 Å². The Balaban J connectivity index is 2.05. The van der Waals surface area contributed by atoms with Gasteiger partial charge in [0.15, 0.2) is 0 Å². The Bertz CT molecular complexity index is 1350. The highest BCUT2D eigenvalue weighted by atomic mass is 35.5. The number of nitrogens with one attached hydrogen (secondary N) is 1. The molecule has 0 aliphatic rings. The lowest BCUT2D eigenvalue weighted by molar-refractivity contribution is -0.137. The van der Waals surface area contributed by atoms with Crippen LogP contribution in [-0.4, -0.2) is 25.3 Å². The number of benzene rings is 2. The van der Waals surface area contributed by atoms with Gasteiger partial charge in [0.1, 0.15) is 11.4 Å². The van der Waals surface area contributed by atoms with Crippen LogP contribution in [0.4, 0.5) is 18.9 Å². The second-order valence-electron chi connectivity index (χ2n) is 7.29. The number of anilines is 1. The molecule has 0 bridgehead atoms. The lowest BCUT2D eigenvalue weighted by Gasteiger charge is -2.16. The van der Waals surface area contributed by atoms with Crippen LogP contribution >= 0.6 is 23.2 Å². The van der Waals surface area contributed by atoms with Gasteiger partial charge in [0.2, 0.25) is 5.78 Å². The summed E-state index contributed by atoms with van der Waals surface area (Å²) < 4.78 is 73.1. The highest BCUT2D eigenvalue weighted by Gasteiger charge is 2.35. The monoisotopic (exact) mass is 532 g/mol. The Hall–Kier alpha value is -2.82. The van der Waals surface area contributed by atoms with Gasteiger partial charge in [-0.2, -0.15) is 13.2 Å². The molecule has 180 valence electrons. The van der Waals surface area contributed by atoms with E-state index in [1.807, 2.05) is 0 Å². The van der Waals surface area contributed by atoms with Crippen molar-refractivity contribution in [2.75, 3.05) is 4.72 Å². The number of alkyl halides is 3. The lowest BCUT2D eigenvalue weighted by atomic mass is 10.1. The highest BCUT2D eigenvalue weighted by molar-refractivity contribution is 7.92. The molecule has 1 heterocycles. The predicted molar refractivity (Wildman–Crippen MR) is 122 cm³/mol. The van der Waals surface area contributed by atoms with Gasteiger partial charge in [0.05, 0.1) is 37.9 Å². The summed E-state index contributed by atoms with van der Waals surface area (Å²) in [5.41, 5.74) is -1.85. The summed E-state index contributed by atoms with van der Waals surface area (Å²) >= 11 is 11.5. The third-order valence-electron chi connectivity index (χ3n) is 4.36. The maximum Gasteiger partial charge on any atom is 0.417 e. The van der Waals surface area contributed by atoms with Crippen molar-refractivity contribution in [1.29, 1.82) is 0 Å². The van der Waals surface area contributed by atoms with Crippen molar-refractivity contribution < 1.29 is 31.1 Å². The summed E-state index contributed by atoms with van der Waals surface area (Å²) in [5.74, 6) is -0.432. The molecule has 0 saturated carbocycles. The van der Waals surface area contributed by atoms with E-state index >= 15 is 0 Å². The van der Waals surface area contributed by atoms with Crippen molar-refractivity contribution in [3.8, 4) is 5.75 Å². The third-order valence-corrected chi connectivity index (χ3v) is 6.26. The predicted octanol–water partition coefficient (Wildman–Crippen LogP) is 6.23. The number of para-hydroxylation sites is 1. The lowest BCUT2D eigenvalue weighted by Crippen LogP contribution is -2.18. The average molecular weight is 533 g/mol.